The van der Waals surface area contributed by atoms with E-state index in [4.69, 9.17) is 15.4 Å². The molecule has 1 unspecified atom stereocenters. The highest BCUT2D eigenvalue weighted by atomic mass is 35.7. The summed E-state index contributed by atoms with van der Waals surface area (Å²) >= 11 is 0. The van der Waals surface area contributed by atoms with E-state index in [9.17, 15) is 8.42 Å². The van der Waals surface area contributed by atoms with Crippen LogP contribution in [-0.4, -0.2) is 27.4 Å². The summed E-state index contributed by atoms with van der Waals surface area (Å²) in [5.74, 6) is 0.109. The predicted octanol–water partition coefficient (Wildman–Crippen LogP) is 3.01. The van der Waals surface area contributed by atoms with Crippen LogP contribution in [0.4, 0.5) is 0 Å². The zero-order valence-electron chi connectivity index (χ0n) is 10.7. The van der Waals surface area contributed by atoms with Gasteiger partial charge in [-0.15, -0.1) is 0 Å². The quantitative estimate of drug-likeness (QED) is 0.725. The van der Waals surface area contributed by atoms with Crippen molar-refractivity contribution < 1.29 is 13.2 Å². The molecule has 1 rings (SSSR count). The summed E-state index contributed by atoms with van der Waals surface area (Å²) in [7, 11) is 1.81. The fourth-order valence-electron chi connectivity index (χ4n) is 1.65. The third-order valence-corrected chi connectivity index (χ3v) is 3.62. The van der Waals surface area contributed by atoms with Crippen molar-refractivity contribution >= 4 is 19.7 Å². The summed E-state index contributed by atoms with van der Waals surface area (Å²) in [6, 6.07) is 9.44. The van der Waals surface area contributed by atoms with Crippen LogP contribution in [0.3, 0.4) is 0 Å². The SMILES string of the molecule is CC(C)COCC(CS(=O)(=O)Cl)c1ccccc1. The zero-order valence-corrected chi connectivity index (χ0v) is 12.2. The molecule has 0 aromatic heterocycles. The van der Waals surface area contributed by atoms with Crippen LogP contribution in [0.2, 0.25) is 0 Å². The van der Waals surface area contributed by atoms with Crippen molar-refractivity contribution in [3.8, 4) is 0 Å². The van der Waals surface area contributed by atoms with Crippen LogP contribution >= 0.6 is 10.7 Å². The minimum atomic E-state index is -3.53. The van der Waals surface area contributed by atoms with Gasteiger partial charge >= 0.3 is 0 Å². The van der Waals surface area contributed by atoms with E-state index in [1.807, 2.05) is 30.3 Å². The average Bonchev–Trinajstić information content (AvgIpc) is 2.27. The summed E-state index contributed by atoms with van der Waals surface area (Å²) in [5.41, 5.74) is 0.936. The third-order valence-electron chi connectivity index (χ3n) is 2.44. The van der Waals surface area contributed by atoms with Crippen LogP contribution in [0.1, 0.15) is 25.3 Å². The highest BCUT2D eigenvalue weighted by Gasteiger charge is 2.19. The topological polar surface area (TPSA) is 43.4 Å². The van der Waals surface area contributed by atoms with E-state index in [0.717, 1.165) is 5.56 Å². The maximum absolute atomic E-state index is 11.2. The van der Waals surface area contributed by atoms with E-state index in [-0.39, 0.29) is 11.7 Å². The molecule has 0 aliphatic rings. The summed E-state index contributed by atoms with van der Waals surface area (Å²) in [5, 5.41) is 0. The van der Waals surface area contributed by atoms with Gasteiger partial charge in [-0.05, 0) is 11.5 Å². The maximum atomic E-state index is 11.2. The summed E-state index contributed by atoms with van der Waals surface area (Å²) < 4.78 is 28.0. The lowest BCUT2D eigenvalue weighted by Gasteiger charge is -2.17. The van der Waals surface area contributed by atoms with Crippen molar-refractivity contribution in [3.05, 3.63) is 35.9 Å². The van der Waals surface area contributed by atoms with Gasteiger partial charge in [0.1, 0.15) is 0 Å². The van der Waals surface area contributed by atoms with Gasteiger partial charge in [-0.25, -0.2) is 8.42 Å². The van der Waals surface area contributed by atoms with E-state index in [2.05, 4.69) is 13.8 Å². The Morgan fingerprint density at radius 2 is 1.78 bits per heavy atom. The van der Waals surface area contributed by atoms with E-state index < -0.39 is 9.05 Å². The molecule has 0 aliphatic carbocycles. The Balaban J connectivity index is 2.70. The molecule has 0 radical (unpaired) electrons. The lowest BCUT2D eigenvalue weighted by atomic mass is 10.0. The number of hydrogen-bond acceptors (Lipinski definition) is 3. The van der Waals surface area contributed by atoms with Crippen LogP contribution in [0.25, 0.3) is 0 Å². The molecule has 0 heterocycles. The number of benzene rings is 1. The van der Waals surface area contributed by atoms with Gasteiger partial charge in [0.15, 0.2) is 0 Å². The fourth-order valence-corrected chi connectivity index (χ4v) is 2.88. The second-order valence-corrected chi connectivity index (χ2v) is 7.57. The van der Waals surface area contributed by atoms with Crippen LogP contribution < -0.4 is 0 Å². The van der Waals surface area contributed by atoms with Crippen LogP contribution in [0.15, 0.2) is 30.3 Å². The molecule has 0 aliphatic heterocycles. The molecule has 0 saturated carbocycles. The minimum Gasteiger partial charge on any atom is -0.381 e. The normalized spacial score (nSPS) is 13.8. The average molecular weight is 291 g/mol. The Kier molecular flexibility index (Phi) is 6.12. The van der Waals surface area contributed by atoms with Crippen molar-refractivity contribution in [2.45, 2.75) is 19.8 Å². The van der Waals surface area contributed by atoms with E-state index >= 15 is 0 Å². The molecule has 0 fully saturated rings. The first-order chi connectivity index (χ1) is 8.38. The predicted molar refractivity (Wildman–Crippen MR) is 74.5 cm³/mol. The number of ether oxygens (including phenoxy) is 1. The van der Waals surface area contributed by atoms with Gasteiger partial charge in [0.25, 0.3) is 0 Å². The monoisotopic (exact) mass is 290 g/mol. The molecule has 0 saturated heterocycles. The van der Waals surface area contributed by atoms with Crippen molar-refractivity contribution in [1.82, 2.24) is 0 Å². The summed E-state index contributed by atoms with van der Waals surface area (Å²) in [6.45, 7) is 5.09. The van der Waals surface area contributed by atoms with Crippen molar-refractivity contribution in [2.75, 3.05) is 19.0 Å². The highest BCUT2D eigenvalue weighted by Crippen LogP contribution is 2.20. The number of halogens is 1. The molecule has 0 N–H and O–H groups in total. The second-order valence-electron chi connectivity index (χ2n) is 4.74. The lowest BCUT2D eigenvalue weighted by Crippen LogP contribution is -2.17. The van der Waals surface area contributed by atoms with E-state index in [0.29, 0.717) is 19.1 Å². The smallest absolute Gasteiger partial charge is 0.233 e. The van der Waals surface area contributed by atoms with Crippen molar-refractivity contribution in [1.29, 1.82) is 0 Å². The van der Waals surface area contributed by atoms with Gasteiger partial charge < -0.3 is 4.74 Å². The third kappa shape index (κ3) is 6.38. The Labute approximate surface area is 114 Å². The maximum Gasteiger partial charge on any atom is 0.233 e. The van der Waals surface area contributed by atoms with Gasteiger partial charge in [0.05, 0.1) is 12.4 Å². The van der Waals surface area contributed by atoms with Gasteiger partial charge in [-0.2, -0.15) is 0 Å². The molecule has 0 spiro atoms. The second kappa shape index (κ2) is 7.12. The molecule has 5 heteroatoms. The molecular formula is C13H19ClO3S. The largest absolute Gasteiger partial charge is 0.381 e. The first-order valence-electron chi connectivity index (χ1n) is 5.93. The fraction of sp³-hybridized carbons (Fsp3) is 0.538. The van der Waals surface area contributed by atoms with Crippen LogP contribution in [0, 0.1) is 5.92 Å². The Morgan fingerprint density at radius 3 is 2.28 bits per heavy atom. The van der Waals surface area contributed by atoms with E-state index in [1.165, 1.54) is 0 Å². The zero-order chi connectivity index (χ0) is 13.6. The van der Waals surface area contributed by atoms with Crippen LogP contribution in [0.5, 0.6) is 0 Å². The van der Waals surface area contributed by atoms with Crippen molar-refractivity contribution in [2.24, 2.45) is 5.92 Å². The van der Waals surface area contributed by atoms with Gasteiger partial charge in [0.2, 0.25) is 9.05 Å². The molecule has 3 nitrogen and oxygen atoms in total. The number of hydrogen-bond donors (Lipinski definition) is 0. The molecule has 1 aromatic rings. The lowest BCUT2D eigenvalue weighted by molar-refractivity contribution is 0.101. The molecule has 0 bridgehead atoms. The van der Waals surface area contributed by atoms with E-state index in [1.54, 1.807) is 0 Å². The molecule has 102 valence electrons. The summed E-state index contributed by atoms with van der Waals surface area (Å²) in [4.78, 5) is 0. The molecule has 1 aromatic carbocycles. The Bertz CT molecular complexity index is 443. The standard InChI is InChI=1S/C13H19ClO3S/c1-11(2)8-17-9-13(10-18(14,15)16)12-6-4-3-5-7-12/h3-7,11,13H,8-10H2,1-2H3. The first-order valence-corrected chi connectivity index (χ1v) is 8.41. The van der Waals surface area contributed by atoms with Gasteiger partial charge in [-0.3, -0.25) is 0 Å². The minimum absolute atomic E-state index is 0.101. The highest BCUT2D eigenvalue weighted by molar-refractivity contribution is 8.13. The van der Waals surface area contributed by atoms with Gasteiger partial charge in [-0.1, -0.05) is 44.2 Å². The van der Waals surface area contributed by atoms with Crippen molar-refractivity contribution in [3.63, 3.8) is 0 Å². The molecule has 1 atom stereocenters. The Hall–Kier alpha value is -0.580. The summed E-state index contributed by atoms with van der Waals surface area (Å²) in [6.07, 6.45) is 0. The Morgan fingerprint density at radius 1 is 1.17 bits per heavy atom. The van der Waals surface area contributed by atoms with Crippen LogP contribution in [-0.2, 0) is 13.8 Å². The molecular weight excluding hydrogens is 272 g/mol. The van der Waals surface area contributed by atoms with Gasteiger partial charge in [0, 0.05) is 23.2 Å². The molecule has 0 amide bonds. The first kappa shape index (κ1) is 15.5. The molecule has 18 heavy (non-hydrogen) atoms. The number of rotatable bonds is 7.